The number of hydrogen-bond donors (Lipinski definition) is 1. The maximum atomic E-state index is 10.5. The van der Waals surface area contributed by atoms with Crippen LogP contribution in [-0.2, 0) is 0 Å². The minimum absolute atomic E-state index is 0.203. The average molecular weight is 442 g/mol. The Morgan fingerprint density at radius 1 is 1.07 bits per heavy atom. The molecule has 6 heteroatoms. The van der Waals surface area contributed by atoms with Crippen LogP contribution in [0.2, 0.25) is 10.0 Å². The molecule has 1 aromatic heterocycles. The van der Waals surface area contributed by atoms with Gasteiger partial charge in [-0.05, 0) is 69.4 Å². The topological polar surface area (TPSA) is 39.6 Å². The molecular formula is C24H25Cl2N3O. The number of aryl methyl sites for hydroxylation is 1. The van der Waals surface area contributed by atoms with Crippen LogP contribution in [0.3, 0.4) is 0 Å². The van der Waals surface area contributed by atoms with Gasteiger partial charge in [0.2, 0.25) is 0 Å². The minimum Gasteiger partial charge on any atom is -0.507 e. The number of hydrogen-bond acceptors (Lipinski definition) is 4. The minimum atomic E-state index is 0.203. The molecule has 1 atom stereocenters. The molecule has 156 valence electrons. The van der Waals surface area contributed by atoms with Gasteiger partial charge in [0.15, 0.2) is 0 Å². The Morgan fingerprint density at radius 3 is 2.47 bits per heavy atom. The normalized spacial score (nSPS) is 16.5. The Bertz CT molecular complexity index is 1060. The van der Waals surface area contributed by atoms with Crippen molar-refractivity contribution in [2.75, 3.05) is 32.1 Å². The Hall–Kier alpha value is -2.27. The third kappa shape index (κ3) is 4.13. The third-order valence-electron chi connectivity index (χ3n) is 5.71. The molecule has 0 radical (unpaired) electrons. The fourth-order valence-electron chi connectivity index (χ4n) is 3.96. The van der Waals surface area contributed by atoms with Gasteiger partial charge in [-0.15, -0.1) is 0 Å². The zero-order valence-electron chi connectivity index (χ0n) is 17.4. The Kier molecular flexibility index (Phi) is 5.92. The highest BCUT2D eigenvalue weighted by atomic mass is 35.5. The summed E-state index contributed by atoms with van der Waals surface area (Å²) in [5, 5.41) is 11.7. The van der Waals surface area contributed by atoms with Crippen LogP contribution >= 0.6 is 23.2 Å². The molecule has 2 heterocycles. The summed E-state index contributed by atoms with van der Waals surface area (Å²) in [7, 11) is 4.22. The van der Waals surface area contributed by atoms with Crippen molar-refractivity contribution in [3.05, 3.63) is 64.1 Å². The molecule has 0 amide bonds. The van der Waals surface area contributed by atoms with Crippen LogP contribution in [-0.4, -0.2) is 48.2 Å². The van der Waals surface area contributed by atoms with Crippen molar-refractivity contribution in [3.63, 3.8) is 0 Å². The number of pyridine rings is 1. The fraction of sp³-hybridized carbons (Fsp3) is 0.292. The molecule has 30 heavy (non-hydrogen) atoms. The first-order valence-corrected chi connectivity index (χ1v) is 10.8. The molecule has 2 aromatic carbocycles. The second-order valence-corrected chi connectivity index (χ2v) is 8.88. The molecule has 1 fully saturated rings. The van der Waals surface area contributed by atoms with Gasteiger partial charge < -0.3 is 14.9 Å². The van der Waals surface area contributed by atoms with E-state index in [0.29, 0.717) is 27.3 Å². The average Bonchev–Trinajstić information content (AvgIpc) is 3.20. The van der Waals surface area contributed by atoms with Gasteiger partial charge in [-0.1, -0.05) is 40.9 Å². The van der Waals surface area contributed by atoms with E-state index >= 15 is 0 Å². The van der Waals surface area contributed by atoms with E-state index in [2.05, 4.69) is 23.9 Å². The standard InChI is InChI=1S/C24H25Cl2N3O/c1-15-7-8-22(30)18(11-15)21-12-16(24-19(25)5-4-6-20(24)26)13-23(27-21)29-10-9-17(14-29)28(2)3/h4-8,11-13,17,30H,9-10,14H2,1-3H3. The molecular weight excluding hydrogens is 417 g/mol. The van der Waals surface area contributed by atoms with Crippen LogP contribution < -0.4 is 4.90 Å². The lowest BCUT2D eigenvalue weighted by molar-refractivity contribution is 0.315. The maximum Gasteiger partial charge on any atom is 0.129 e. The predicted octanol–water partition coefficient (Wildman–Crippen LogP) is 5.88. The van der Waals surface area contributed by atoms with E-state index in [9.17, 15) is 5.11 Å². The third-order valence-corrected chi connectivity index (χ3v) is 6.34. The number of anilines is 1. The number of aromatic hydroxyl groups is 1. The SMILES string of the molecule is Cc1ccc(O)c(-c2cc(-c3c(Cl)cccc3Cl)cc(N3CCC(N(C)C)C3)n2)c1. The van der Waals surface area contributed by atoms with Crippen molar-refractivity contribution < 1.29 is 5.11 Å². The molecule has 0 saturated carbocycles. The highest BCUT2D eigenvalue weighted by Gasteiger charge is 2.26. The first kappa shape index (κ1) is 21.0. The number of aromatic nitrogens is 1. The highest BCUT2D eigenvalue weighted by Crippen LogP contribution is 2.39. The van der Waals surface area contributed by atoms with Crippen LogP contribution in [0.5, 0.6) is 5.75 Å². The summed E-state index contributed by atoms with van der Waals surface area (Å²) in [6.45, 7) is 3.83. The molecule has 3 aromatic rings. The Balaban J connectivity index is 1.88. The monoisotopic (exact) mass is 441 g/mol. The van der Waals surface area contributed by atoms with Gasteiger partial charge in [0.25, 0.3) is 0 Å². The van der Waals surface area contributed by atoms with Crippen molar-refractivity contribution in [3.8, 4) is 28.1 Å². The number of phenols is 1. The van der Waals surface area contributed by atoms with Gasteiger partial charge in [-0.2, -0.15) is 0 Å². The van der Waals surface area contributed by atoms with Gasteiger partial charge >= 0.3 is 0 Å². The molecule has 1 N–H and O–H groups in total. The van der Waals surface area contributed by atoms with Crippen molar-refractivity contribution in [1.82, 2.24) is 9.88 Å². The van der Waals surface area contributed by atoms with Gasteiger partial charge in [-0.3, -0.25) is 0 Å². The van der Waals surface area contributed by atoms with E-state index < -0.39 is 0 Å². The lowest BCUT2D eigenvalue weighted by Gasteiger charge is -2.22. The molecule has 1 aliphatic rings. The van der Waals surface area contributed by atoms with Crippen LogP contribution in [0.25, 0.3) is 22.4 Å². The molecule has 0 bridgehead atoms. The van der Waals surface area contributed by atoms with Crippen LogP contribution in [0.15, 0.2) is 48.5 Å². The molecule has 0 aliphatic carbocycles. The molecule has 0 spiro atoms. The quantitative estimate of drug-likeness (QED) is 0.548. The summed E-state index contributed by atoms with van der Waals surface area (Å²) < 4.78 is 0. The Labute approximate surface area is 187 Å². The maximum absolute atomic E-state index is 10.5. The second-order valence-electron chi connectivity index (χ2n) is 8.07. The smallest absolute Gasteiger partial charge is 0.129 e. The van der Waals surface area contributed by atoms with Crippen molar-refractivity contribution in [2.45, 2.75) is 19.4 Å². The van der Waals surface area contributed by atoms with E-state index in [1.54, 1.807) is 6.07 Å². The lowest BCUT2D eigenvalue weighted by atomic mass is 10.0. The van der Waals surface area contributed by atoms with Crippen LogP contribution in [0.1, 0.15) is 12.0 Å². The highest BCUT2D eigenvalue weighted by molar-refractivity contribution is 6.39. The predicted molar refractivity (Wildman–Crippen MR) is 126 cm³/mol. The molecule has 4 nitrogen and oxygen atoms in total. The second kappa shape index (κ2) is 8.46. The summed E-state index contributed by atoms with van der Waals surface area (Å²) in [6.07, 6.45) is 1.08. The Morgan fingerprint density at radius 2 is 1.80 bits per heavy atom. The number of halogens is 2. The molecule has 1 aliphatic heterocycles. The molecule has 4 rings (SSSR count). The first-order chi connectivity index (χ1) is 14.3. The summed E-state index contributed by atoms with van der Waals surface area (Å²) in [5.41, 5.74) is 4.12. The summed E-state index contributed by atoms with van der Waals surface area (Å²) in [6, 6.07) is 15.5. The van der Waals surface area contributed by atoms with Crippen molar-refractivity contribution in [2.24, 2.45) is 0 Å². The number of nitrogens with zero attached hydrogens (tertiary/aromatic N) is 3. The summed E-state index contributed by atoms with van der Waals surface area (Å²) in [5.74, 6) is 1.07. The lowest BCUT2D eigenvalue weighted by Crippen LogP contribution is -2.31. The van der Waals surface area contributed by atoms with Crippen molar-refractivity contribution >= 4 is 29.0 Å². The van der Waals surface area contributed by atoms with Gasteiger partial charge in [0.1, 0.15) is 11.6 Å². The van der Waals surface area contributed by atoms with Gasteiger partial charge in [0.05, 0.1) is 5.69 Å². The zero-order valence-corrected chi connectivity index (χ0v) is 18.9. The van der Waals surface area contributed by atoms with E-state index in [1.165, 1.54) is 0 Å². The largest absolute Gasteiger partial charge is 0.507 e. The van der Waals surface area contributed by atoms with Crippen molar-refractivity contribution in [1.29, 1.82) is 0 Å². The van der Waals surface area contributed by atoms with E-state index in [4.69, 9.17) is 28.2 Å². The molecule has 1 unspecified atom stereocenters. The van der Waals surface area contributed by atoms with Gasteiger partial charge in [0, 0.05) is 40.3 Å². The van der Waals surface area contributed by atoms with E-state index in [1.807, 2.05) is 49.4 Å². The van der Waals surface area contributed by atoms with Crippen LogP contribution in [0.4, 0.5) is 5.82 Å². The zero-order chi connectivity index (χ0) is 21.4. The van der Waals surface area contributed by atoms with E-state index in [0.717, 1.165) is 42.0 Å². The first-order valence-electron chi connectivity index (χ1n) is 10.0. The summed E-state index contributed by atoms with van der Waals surface area (Å²) >= 11 is 13.0. The summed E-state index contributed by atoms with van der Waals surface area (Å²) in [4.78, 5) is 9.47. The number of rotatable bonds is 4. The van der Waals surface area contributed by atoms with Gasteiger partial charge in [-0.25, -0.2) is 4.98 Å². The number of benzene rings is 2. The molecule has 1 saturated heterocycles. The fourth-order valence-corrected chi connectivity index (χ4v) is 4.58. The van der Waals surface area contributed by atoms with E-state index in [-0.39, 0.29) is 5.75 Å². The number of phenolic OH excluding ortho intramolecular Hbond substituents is 1. The van der Waals surface area contributed by atoms with Crippen LogP contribution in [0, 0.1) is 6.92 Å². The number of likely N-dealkylation sites (N-methyl/N-ethyl adjacent to an activating group) is 1.